The summed E-state index contributed by atoms with van der Waals surface area (Å²) in [4.78, 5) is 10.5. The van der Waals surface area contributed by atoms with E-state index < -0.39 is 4.92 Å². The van der Waals surface area contributed by atoms with Crippen molar-refractivity contribution < 1.29 is 9.66 Å². The van der Waals surface area contributed by atoms with Crippen LogP contribution in [0.1, 0.15) is 11.1 Å². The molecule has 0 aliphatic carbocycles. The Morgan fingerprint density at radius 1 is 1.20 bits per heavy atom. The number of nitrogens with one attached hydrogen (secondary N) is 1. The molecule has 0 fully saturated rings. The Bertz CT molecular complexity index is 654. The second kappa shape index (κ2) is 5.61. The predicted molar refractivity (Wildman–Crippen MR) is 78.6 cm³/mol. The minimum atomic E-state index is -0.434. The molecule has 0 radical (unpaired) electrons. The van der Waals surface area contributed by atoms with Crippen molar-refractivity contribution in [3.8, 4) is 11.5 Å². The maximum atomic E-state index is 10.9. The summed E-state index contributed by atoms with van der Waals surface area (Å²) in [5, 5.41) is 13.8. The fourth-order valence-electron chi connectivity index (χ4n) is 1.85. The maximum Gasteiger partial charge on any atom is 0.275 e. The van der Waals surface area contributed by atoms with Gasteiger partial charge in [-0.1, -0.05) is 12.1 Å². The van der Waals surface area contributed by atoms with Crippen LogP contribution in [0.3, 0.4) is 0 Å². The highest BCUT2D eigenvalue weighted by Gasteiger charge is 2.11. The third-order valence-corrected chi connectivity index (χ3v) is 3.17. The van der Waals surface area contributed by atoms with Gasteiger partial charge in [0.1, 0.15) is 11.5 Å². The molecule has 0 aromatic heterocycles. The maximum absolute atomic E-state index is 10.9. The molecule has 0 bridgehead atoms. The number of nitrogens with zero attached hydrogens (tertiary/aromatic N) is 1. The summed E-state index contributed by atoms with van der Waals surface area (Å²) in [6.07, 6.45) is 0. The van der Waals surface area contributed by atoms with E-state index in [1.165, 1.54) is 12.1 Å². The SMILES string of the molecule is CNc1cc(Oc2cccc(C)c2C)cc([N+](=O)[O-])c1. The van der Waals surface area contributed by atoms with E-state index in [-0.39, 0.29) is 5.69 Å². The van der Waals surface area contributed by atoms with Crippen LogP contribution >= 0.6 is 0 Å². The third-order valence-electron chi connectivity index (χ3n) is 3.17. The van der Waals surface area contributed by atoms with Crippen molar-refractivity contribution >= 4 is 11.4 Å². The Labute approximate surface area is 117 Å². The first kappa shape index (κ1) is 13.9. The summed E-state index contributed by atoms with van der Waals surface area (Å²) in [6, 6.07) is 10.4. The van der Waals surface area contributed by atoms with E-state index in [1.807, 2.05) is 32.0 Å². The van der Waals surface area contributed by atoms with E-state index in [0.29, 0.717) is 17.2 Å². The van der Waals surface area contributed by atoms with Crippen LogP contribution in [0.4, 0.5) is 11.4 Å². The number of nitro groups is 1. The lowest BCUT2D eigenvalue weighted by Crippen LogP contribution is -1.95. The van der Waals surface area contributed by atoms with Crippen LogP contribution in [-0.4, -0.2) is 12.0 Å². The number of hydrogen-bond donors (Lipinski definition) is 1. The smallest absolute Gasteiger partial charge is 0.275 e. The van der Waals surface area contributed by atoms with Crippen molar-refractivity contribution in [1.82, 2.24) is 0 Å². The molecule has 0 amide bonds. The highest BCUT2D eigenvalue weighted by atomic mass is 16.6. The van der Waals surface area contributed by atoms with Gasteiger partial charge in [0, 0.05) is 24.9 Å². The van der Waals surface area contributed by atoms with Gasteiger partial charge in [-0.25, -0.2) is 0 Å². The summed E-state index contributed by atoms with van der Waals surface area (Å²) in [5.41, 5.74) is 2.77. The number of nitro benzene ring substituents is 1. The van der Waals surface area contributed by atoms with Crippen LogP contribution in [0.25, 0.3) is 0 Å². The molecule has 2 aromatic carbocycles. The first-order valence-electron chi connectivity index (χ1n) is 6.22. The highest BCUT2D eigenvalue weighted by Crippen LogP contribution is 2.31. The van der Waals surface area contributed by atoms with E-state index in [0.717, 1.165) is 11.1 Å². The van der Waals surface area contributed by atoms with Crippen LogP contribution in [0, 0.1) is 24.0 Å². The number of benzene rings is 2. The quantitative estimate of drug-likeness (QED) is 0.673. The lowest BCUT2D eigenvalue weighted by atomic mass is 10.1. The van der Waals surface area contributed by atoms with Crippen molar-refractivity contribution in [2.75, 3.05) is 12.4 Å². The molecular formula is C15H16N2O3. The highest BCUT2D eigenvalue weighted by molar-refractivity contribution is 5.57. The summed E-state index contributed by atoms with van der Waals surface area (Å²) in [6.45, 7) is 3.95. The van der Waals surface area contributed by atoms with Gasteiger partial charge in [0.2, 0.25) is 0 Å². The molecule has 104 valence electrons. The zero-order valence-electron chi connectivity index (χ0n) is 11.6. The van der Waals surface area contributed by atoms with Gasteiger partial charge in [-0.05, 0) is 31.0 Å². The van der Waals surface area contributed by atoms with Crippen molar-refractivity contribution in [2.24, 2.45) is 0 Å². The van der Waals surface area contributed by atoms with E-state index >= 15 is 0 Å². The van der Waals surface area contributed by atoms with Crippen molar-refractivity contribution in [1.29, 1.82) is 0 Å². The molecule has 0 aliphatic rings. The van der Waals surface area contributed by atoms with E-state index in [4.69, 9.17) is 4.74 Å². The zero-order chi connectivity index (χ0) is 14.7. The molecule has 0 saturated carbocycles. The number of ether oxygens (including phenoxy) is 1. The second-order valence-corrected chi connectivity index (χ2v) is 4.52. The Hall–Kier alpha value is -2.56. The molecule has 2 aromatic rings. The monoisotopic (exact) mass is 272 g/mol. The molecule has 5 heteroatoms. The number of aryl methyl sites for hydroxylation is 1. The lowest BCUT2D eigenvalue weighted by molar-refractivity contribution is -0.384. The van der Waals surface area contributed by atoms with Crippen LogP contribution in [0.15, 0.2) is 36.4 Å². The van der Waals surface area contributed by atoms with Crippen LogP contribution in [0.5, 0.6) is 11.5 Å². The van der Waals surface area contributed by atoms with Gasteiger partial charge in [-0.2, -0.15) is 0 Å². The van der Waals surface area contributed by atoms with Crippen LogP contribution in [0.2, 0.25) is 0 Å². The molecule has 20 heavy (non-hydrogen) atoms. The van der Waals surface area contributed by atoms with Gasteiger partial charge in [-0.15, -0.1) is 0 Å². The number of rotatable bonds is 4. The normalized spacial score (nSPS) is 10.2. The van der Waals surface area contributed by atoms with Gasteiger partial charge < -0.3 is 10.1 Å². The summed E-state index contributed by atoms with van der Waals surface area (Å²) in [7, 11) is 1.71. The van der Waals surface area contributed by atoms with Crippen LogP contribution in [-0.2, 0) is 0 Å². The Morgan fingerprint density at radius 3 is 2.60 bits per heavy atom. The van der Waals surface area contributed by atoms with Gasteiger partial charge in [0.15, 0.2) is 0 Å². The molecule has 0 saturated heterocycles. The molecule has 2 rings (SSSR count). The Balaban J connectivity index is 2.40. The van der Waals surface area contributed by atoms with Crippen molar-refractivity contribution in [3.63, 3.8) is 0 Å². The Morgan fingerprint density at radius 2 is 1.95 bits per heavy atom. The predicted octanol–water partition coefficient (Wildman–Crippen LogP) is 4.05. The second-order valence-electron chi connectivity index (χ2n) is 4.52. The standard InChI is InChI=1S/C15H16N2O3/c1-10-5-4-6-15(11(10)2)20-14-8-12(16-3)7-13(9-14)17(18)19/h4-9,16H,1-3H3. The zero-order valence-corrected chi connectivity index (χ0v) is 11.6. The summed E-state index contributed by atoms with van der Waals surface area (Å²) >= 11 is 0. The fourth-order valence-corrected chi connectivity index (χ4v) is 1.85. The molecule has 0 spiro atoms. The number of anilines is 1. The molecular weight excluding hydrogens is 256 g/mol. The van der Waals surface area contributed by atoms with Gasteiger partial charge in [-0.3, -0.25) is 10.1 Å². The molecule has 1 N–H and O–H groups in total. The average molecular weight is 272 g/mol. The molecule has 5 nitrogen and oxygen atoms in total. The first-order valence-corrected chi connectivity index (χ1v) is 6.22. The summed E-state index contributed by atoms with van der Waals surface area (Å²) in [5.74, 6) is 1.14. The lowest BCUT2D eigenvalue weighted by Gasteiger charge is -2.11. The summed E-state index contributed by atoms with van der Waals surface area (Å²) < 4.78 is 5.78. The van der Waals surface area contributed by atoms with Crippen molar-refractivity contribution in [2.45, 2.75) is 13.8 Å². The topological polar surface area (TPSA) is 64.4 Å². The van der Waals surface area contributed by atoms with Crippen molar-refractivity contribution in [3.05, 3.63) is 57.6 Å². The fraction of sp³-hybridized carbons (Fsp3) is 0.200. The van der Waals surface area contributed by atoms with Gasteiger partial charge in [0.05, 0.1) is 11.0 Å². The van der Waals surface area contributed by atoms with Crippen LogP contribution < -0.4 is 10.1 Å². The largest absolute Gasteiger partial charge is 0.457 e. The van der Waals surface area contributed by atoms with Gasteiger partial charge >= 0.3 is 0 Å². The minimum Gasteiger partial charge on any atom is -0.457 e. The third kappa shape index (κ3) is 2.88. The van der Waals surface area contributed by atoms with E-state index in [2.05, 4.69) is 5.32 Å². The molecule has 0 unspecified atom stereocenters. The van der Waals surface area contributed by atoms with E-state index in [1.54, 1.807) is 13.1 Å². The average Bonchev–Trinajstić information content (AvgIpc) is 2.43. The molecule has 0 heterocycles. The first-order chi connectivity index (χ1) is 9.51. The number of hydrogen-bond acceptors (Lipinski definition) is 4. The van der Waals surface area contributed by atoms with Gasteiger partial charge in [0.25, 0.3) is 5.69 Å². The number of non-ortho nitro benzene ring substituents is 1. The minimum absolute atomic E-state index is 0.00263. The Kier molecular flexibility index (Phi) is 3.89. The van der Waals surface area contributed by atoms with E-state index in [9.17, 15) is 10.1 Å². The molecule has 0 aliphatic heterocycles. The molecule has 0 atom stereocenters.